The molecule has 0 aliphatic carbocycles. The zero-order valence-corrected chi connectivity index (χ0v) is 12.8. The Bertz CT molecular complexity index is 379. The average Bonchev–Trinajstić information content (AvgIpc) is 2.43. The number of rotatable bonds is 8. The van der Waals surface area contributed by atoms with Gasteiger partial charge in [-0.05, 0) is 19.4 Å². The third-order valence-corrected chi connectivity index (χ3v) is 3.86. The topological polar surface area (TPSA) is 20.3 Å². The summed E-state index contributed by atoms with van der Waals surface area (Å²) in [6, 6.07) is 7.88. The predicted molar refractivity (Wildman–Crippen MR) is 81.7 cm³/mol. The molecule has 106 valence electrons. The first-order chi connectivity index (χ1) is 9.10. The minimum Gasteiger partial charge on any atom is -0.296 e. The number of aryl methyl sites for hydroxylation is 1. The van der Waals surface area contributed by atoms with Crippen LogP contribution >= 0.6 is 0 Å². The molecule has 2 nitrogen and oxygen atoms in total. The van der Waals surface area contributed by atoms with E-state index in [0.717, 1.165) is 18.7 Å². The summed E-state index contributed by atoms with van der Waals surface area (Å²) >= 11 is 0. The van der Waals surface area contributed by atoms with Gasteiger partial charge in [-0.1, -0.05) is 63.4 Å². The molecule has 2 heteroatoms. The largest absolute Gasteiger partial charge is 0.296 e. The molecule has 0 saturated carbocycles. The van der Waals surface area contributed by atoms with Crippen LogP contribution in [0.25, 0.3) is 0 Å². The molecule has 0 fully saturated rings. The quantitative estimate of drug-likeness (QED) is 0.661. The predicted octanol–water partition coefficient (Wildman–Crippen LogP) is 3.94. The molecule has 0 atom stereocenters. The summed E-state index contributed by atoms with van der Waals surface area (Å²) in [5.41, 5.74) is 2.02. The Hall–Kier alpha value is -1.15. The number of benzene rings is 1. The number of carbonyl (C=O) groups is 1. The fourth-order valence-electron chi connectivity index (χ4n) is 2.25. The zero-order valence-electron chi connectivity index (χ0n) is 12.8. The van der Waals surface area contributed by atoms with E-state index in [1.54, 1.807) is 0 Å². The van der Waals surface area contributed by atoms with Crippen molar-refractivity contribution in [2.75, 3.05) is 19.6 Å². The van der Waals surface area contributed by atoms with E-state index in [1.165, 1.54) is 18.4 Å². The van der Waals surface area contributed by atoms with E-state index in [1.807, 2.05) is 31.2 Å². The maximum Gasteiger partial charge on any atom is 0.176 e. The molecular weight excluding hydrogens is 234 g/mol. The van der Waals surface area contributed by atoms with Gasteiger partial charge in [-0.15, -0.1) is 0 Å². The fraction of sp³-hybridized carbons (Fsp3) is 0.588. The van der Waals surface area contributed by atoms with E-state index in [4.69, 9.17) is 0 Å². The molecule has 0 amide bonds. The Morgan fingerprint density at radius 2 is 1.68 bits per heavy atom. The van der Waals surface area contributed by atoms with Gasteiger partial charge in [-0.25, -0.2) is 0 Å². The Morgan fingerprint density at radius 1 is 1.11 bits per heavy atom. The summed E-state index contributed by atoms with van der Waals surface area (Å²) in [5, 5.41) is 0. The van der Waals surface area contributed by atoms with Crippen molar-refractivity contribution in [2.24, 2.45) is 5.92 Å². The number of likely N-dealkylation sites (N-methyl/N-ethyl adjacent to an activating group) is 1. The van der Waals surface area contributed by atoms with Crippen molar-refractivity contribution in [2.45, 2.75) is 40.5 Å². The van der Waals surface area contributed by atoms with E-state index in [-0.39, 0.29) is 5.78 Å². The van der Waals surface area contributed by atoms with Crippen LogP contribution in [0.2, 0.25) is 0 Å². The molecule has 1 aromatic rings. The van der Waals surface area contributed by atoms with Crippen LogP contribution in [0.15, 0.2) is 24.3 Å². The van der Waals surface area contributed by atoms with Gasteiger partial charge in [0.1, 0.15) is 0 Å². The minimum absolute atomic E-state index is 0.229. The second-order valence-corrected chi connectivity index (χ2v) is 5.30. The number of hydrogen-bond acceptors (Lipinski definition) is 2. The molecule has 0 bridgehead atoms. The summed E-state index contributed by atoms with van der Waals surface area (Å²) in [6.07, 6.45) is 2.37. The average molecular weight is 261 g/mol. The lowest BCUT2D eigenvalue weighted by Gasteiger charge is -2.24. The Kier molecular flexibility index (Phi) is 6.79. The van der Waals surface area contributed by atoms with E-state index in [2.05, 4.69) is 25.7 Å². The molecule has 0 aromatic heterocycles. The van der Waals surface area contributed by atoms with Gasteiger partial charge in [-0.3, -0.25) is 9.69 Å². The Balaban J connectivity index is 2.60. The van der Waals surface area contributed by atoms with Crippen molar-refractivity contribution in [1.29, 1.82) is 0 Å². The molecule has 0 spiro atoms. The van der Waals surface area contributed by atoms with E-state index in [9.17, 15) is 4.79 Å². The molecule has 0 radical (unpaired) electrons. The van der Waals surface area contributed by atoms with Crippen LogP contribution in [0.5, 0.6) is 0 Å². The van der Waals surface area contributed by atoms with Crippen molar-refractivity contribution >= 4 is 5.78 Å². The normalized spacial score (nSPS) is 11.3. The molecule has 0 aliphatic rings. The molecule has 0 unspecified atom stereocenters. The fourth-order valence-corrected chi connectivity index (χ4v) is 2.25. The van der Waals surface area contributed by atoms with Crippen LogP contribution in [0.3, 0.4) is 0 Å². The first-order valence-electron chi connectivity index (χ1n) is 7.42. The van der Waals surface area contributed by atoms with Crippen molar-refractivity contribution < 1.29 is 4.79 Å². The van der Waals surface area contributed by atoms with Gasteiger partial charge in [0.25, 0.3) is 0 Å². The molecule has 0 aliphatic heterocycles. The highest BCUT2D eigenvalue weighted by atomic mass is 16.1. The second-order valence-electron chi connectivity index (χ2n) is 5.30. The lowest BCUT2D eigenvalue weighted by atomic mass is 10.0. The monoisotopic (exact) mass is 261 g/mol. The first kappa shape index (κ1) is 15.9. The van der Waals surface area contributed by atoms with Crippen LogP contribution < -0.4 is 0 Å². The van der Waals surface area contributed by atoms with Gasteiger partial charge in [0.2, 0.25) is 0 Å². The highest BCUT2D eigenvalue weighted by Crippen LogP contribution is 2.11. The zero-order chi connectivity index (χ0) is 14.3. The third-order valence-electron chi connectivity index (χ3n) is 3.86. The summed E-state index contributed by atoms with van der Waals surface area (Å²) < 4.78 is 0. The molecular formula is C17H27NO. The molecule has 0 N–H and O–H groups in total. The van der Waals surface area contributed by atoms with Crippen molar-refractivity contribution in [3.63, 3.8) is 0 Å². The van der Waals surface area contributed by atoms with Crippen LogP contribution in [0.1, 0.15) is 49.5 Å². The van der Waals surface area contributed by atoms with Crippen LogP contribution in [-0.4, -0.2) is 30.3 Å². The van der Waals surface area contributed by atoms with Gasteiger partial charge >= 0.3 is 0 Å². The molecule has 1 aromatic carbocycles. The van der Waals surface area contributed by atoms with Crippen molar-refractivity contribution in [3.05, 3.63) is 35.4 Å². The molecule has 19 heavy (non-hydrogen) atoms. The summed E-state index contributed by atoms with van der Waals surface area (Å²) in [7, 11) is 0. The Labute approximate surface area is 117 Å². The number of ketones is 1. The number of Topliss-reactive ketones (excluding diaryl/α,β-unsaturated/α-hetero) is 1. The van der Waals surface area contributed by atoms with Crippen molar-refractivity contribution in [3.8, 4) is 0 Å². The highest BCUT2D eigenvalue weighted by Gasteiger charge is 2.14. The van der Waals surface area contributed by atoms with E-state index >= 15 is 0 Å². The summed E-state index contributed by atoms with van der Waals surface area (Å²) in [6.45, 7) is 11.1. The summed E-state index contributed by atoms with van der Waals surface area (Å²) in [5.74, 6) is 0.929. The lowest BCUT2D eigenvalue weighted by molar-refractivity contribution is 0.0920. The minimum atomic E-state index is 0.229. The van der Waals surface area contributed by atoms with Gasteiger partial charge in [0.05, 0.1) is 6.54 Å². The standard InChI is InChI=1S/C17H27NO/c1-5-15(6-2)12-18(7-3)13-17(19)16-10-8-14(4)9-11-16/h8-11,15H,5-7,12-13H2,1-4H3. The molecule has 0 saturated heterocycles. The lowest BCUT2D eigenvalue weighted by Crippen LogP contribution is -2.34. The molecule has 0 heterocycles. The number of hydrogen-bond donors (Lipinski definition) is 0. The Morgan fingerprint density at radius 3 is 2.16 bits per heavy atom. The van der Waals surface area contributed by atoms with Crippen LogP contribution in [0, 0.1) is 12.8 Å². The number of nitrogens with zero attached hydrogens (tertiary/aromatic N) is 1. The van der Waals surface area contributed by atoms with Gasteiger partial charge in [-0.2, -0.15) is 0 Å². The SMILES string of the molecule is CCC(CC)CN(CC)CC(=O)c1ccc(C)cc1. The summed E-state index contributed by atoms with van der Waals surface area (Å²) in [4.78, 5) is 14.5. The maximum atomic E-state index is 12.2. The first-order valence-corrected chi connectivity index (χ1v) is 7.42. The highest BCUT2D eigenvalue weighted by molar-refractivity contribution is 5.97. The van der Waals surface area contributed by atoms with Crippen LogP contribution in [-0.2, 0) is 0 Å². The number of carbonyl (C=O) groups excluding carboxylic acids is 1. The third kappa shape index (κ3) is 5.15. The van der Waals surface area contributed by atoms with Crippen LogP contribution in [0.4, 0.5) is 0 Å². The van der Waals surface area contributed by atoms with Gasteiger partial charge in [0.15, 0.2) is 5.78 Å². The second kappa shape index (κ2) is 8.11. The maximum absolute atomic E-state index is 12.2. The molecule has 1 rings (SSSR count). The van der Waals surface area contributed by atoms with Crippen molar-refractivity contribution in [1.82, 2.24) is 4.90 Å². The van der Waals surface area contributed by atoms with Gasteiger partial charge in [0, 0.05) is 12.1 Å². The van der Waals surface area contributed by atoms with Gasteiger partial charge < -0.3 is 0 Å². The van der Waals surface area contributed by atoms with E-state index in [0.29, 0.717) is 12.5 Å². The smallest absolute Gasteiger partial charge is 0.176 e. The van der Waals surface area contributed by atoms with E-state index < -0.39 is 0 Å².